The van der Waals surface area contributed by atoms with Crippen LogP contribution in [0.2, 0.25) is 0 Å². The van der Waals surface area contributed by atoms with Crippen molar-refractivity contribution < 1.29 is 4.42 Å². The van der Waals surface area contributed by atoms with E-state index < -0.39 is 0 Å². The smallest absolute Gasteiger partial charge is 0.208 e. The van der Waals surface area contributed by atoms with Gasteiger partial charge in [0.25, 0.3) is 0 Å². The summed E-state index contributed by atoms with van der Waals surface area (Å²) in [7, 11) is 0. The van der Waals surface area contributed by atoms with E-state index in [1.165, 1.54) is 32.1 Å². The first kappa shape index (κ1) is 13.6. The van der Waals surface area contributed by atoms with Crippen LogP contribution in [0.3, 0.4) is 0 Å². The molecule has 3 heteroatoms. The number of aromatic nitrogens is 1. The molecule has 2 rings (SSSR count). The highest BCUT2D eigenvalue weighted by Gasteiger charge is 2.17. The highest BCUT2D eigenvalue weighted by atomic mass is 16.4. The van der Waals surface area contributed by atoms with Crippen LogP contribution in [0, 0.1) is 25.7 Å². The summed E-state index contributed by atoms with van der Waals surface area (Å²) in [4.78, 5) is 4.38. The molecule has 102 valence electrons. The van der Waals surface area contributed by atoms with Crippen molar-refractivity contribution in [1.82, 2.24) is 10.3 Å². The van der Waals surface area contributed by atoms with Crippen molar-refractivity contribution in [2.75, 3.05) is 6.54 Å². The molecule has 1 aliphatic rings. The number of aryl methyl sites for hydroxylation is 2. The third kappa shape index (κ3) is 3.84. The van der Waals surface area contributed by atoms with Gasteiger partial charge >= 0.3 is 0 Å². The van der Waals surface area contributed by atoms with Crippen molar-refractivity contribution in [2.45, 2.75) is 59.4 Å². The van der Waals surface area contributed by atoms with Crippen LogP contribution in [-0.2, 0) is 6.54 Å². The Bertz CT molecular complexity index is 345. The van der Waals surface area contributed by atoms with E-state index in [-0.39, 0.29) is 0 Å². The van der Waals surface area contributed by atoms with Crippen LogP contribution in [0.5, 0.6) is 0 Å². The van der Waals surface area contributed by atoms with Crippen LogP contribution >= 0.6 is 0 Å². The zero-order chi connectivity index (χ0) is 13.0. The maximum Gasteiger partial charge on any atom is 0.208 e. The quantitative estimate of drug-likeness (QED) is 0.811. The molecule has 1 aromatic rings. The molecule has 1 fully saturated rings. The van der Waals surface area contributed by atoms with Crippen molar-refractivity contribution >= 4 is 0 Å². The number of hydrogen-bond acceptors (Lipinski definition) is 3. The summed E-state index contributed by atoms with van der Waals surface area (Å²) in [6.45, 7) is 8.18. The SMILES string of the molecule is Cc1nc(CNCCC2CCC(C)CC2)oc1C. The molecular weight excluding hydrogens is 224 g/mol. The van der Waals surface area contributed by atoms with Crippen LogP contribution in [0.15, 0.2) is 4.42 Å². The summed E-state index contributed by atoms with van der Waals surface area (Å²) in [5, 5.41) is 3.44. The first-order valence-corrected chi connectivity index (χ1v) is 7.28. The van der Waals surface area contributed by atoms with Crippen LogP contribution in [0.25, 0.3) is 0 Å². The van der Waals surface area contributed by atoms with E-state index >= 15 is 0 Å². The second-order valence-corrected chi connectivity index (χ2v) is 5.84. The van der Waals surface area contributed by atoms with Crippen molar-refractivity contribution in [1.29, 1.82) is 0 Å². The first-order valence-electron chi connectivity index (χ1n) is 7.28. The van der Waals surface area contributed by atoms with Gasteiger partial charge < -0.3 is 9.73 Å². The second-order valence-electron chi connectivity index (χ2n) is 5.84. The van der Waals surface area contributed by atoms with Gasteiger partial charge in [0, 0.05) is 0 Å². The lowest BCUT2D eigenvalue weighted by molar-refractivity contribution is 0.274. The molecule has 1 aliphatic carbocycles. The molecule has 0 bridgehead atoms. The number of oxazole rings is 1. The van der Waals surface area contributed by atoms with Crippen molar-refractivity contribution in [3.05, 3.63) is 17.3 Å². The normalized spacial score (nSPS) is 24.4. The lowest BCUT2D eigenvalue weighted by Gasteiger charge is -2.26. The predicted octanol–water partition coefficient (Wildman–Crippen LogP) is 3.60. The Labute approximate surface area is 110 Å². The van der Waals surface area contributed by atoms with E-state index in [4.69, 9.17) is 4.42 Å². The fraction of sp³-hybridized carbons (Fsp3) is 0.800. The van der Waals surface area contributed by atoms with Crippen LogP contribution in [0.4, 0.5) is 0 Å². The van der Waals surface area contributed by atoms with Gasteiger partial charge in [0.1, 0.15) is 5.76 Å². The molecule has 0 aliphatic heterocycles. The van der Waals surface area contributed by atoms with E-state index in [0.717, 1.165) is 42.3 Å². The maximum absolute atomic E-state index is 5.55. The highest BCUT2D eigenvalue weighted by molar-refractivity contribution is 5.05. The average molecular weight is 250 g/mol. The third-order valence-corrected chi connectivity index (χ3v) is 4.21. The predicted molar refractivity (Wildman–Crippen MR) is 73.4 cm³/mol. The molecular formula is C15H26N2O. The van der Waals surface area contributed by atoms with E-state index in [9.17, 15) is 0 Å². The molecule has 1 heterocycles. The monoisotopic (exact) mass is 250 g/mol. The van der Waals surface area contributed by atoms with Crippen molar-refractivity contribution in [3.8, 4) is 0 Å². The molecule has 0 spiro atoms. The molecule has 1 saturated carbocycles. The average Bonchev–Trinajstić information content (AvgIpc) is 2.67. The van der Waals surface area contributed by atoms with Gasteiger partial charge in [0.05, 0.1) is 12.2 Å². The van der Waals surface area contributed by atoms with Gasteiger partial charge in [-0.15, -0.1) is 0 Å². The molecule has 1 aromatic heterocycles. The van der Waals surface area contributed by atoms with Crippen molar-refractivity contribution in [3.63, 3.8) is 0 Å². The maximum atomic E-state index is 5.55. The highest BCUT2D eigenvalue weighted by Crippen LogP contribution is 2.29. The van der Waals surface area contributed by atoms with E-state index in [0.29, 0.717) is 0 Å². The van der Waals surface area contributed by atoms with Crippen LogP contribution in [-0.4, -0.2) is 11.5 Å². The summed E-state index contributed by atoms with van der Waals surface area (Å²) in [5.74, 6) is 3.64. The number of nitrogens with one attached hydrogen (secondary N) is 1. The molecule has 0 saturated heterocycles. The lowest BCUT2D eigenvalue weighted by atomic mass is 9.81. The molecule has 0 unspecified atom stereocenters. The van der Waals surface area contributed by atoms with Gasteiger partial charge in [0.15, 0.2) is 0 Å². The minimum atomic E-state index is 0.762. The fourth-order valence-electron chi connectivity index (χ4n) is 2.73. The summed E-state index contributed by atoms with van der Waals surface area (Å²) in [6.07, 6.45) is 6.97. The van der Waals surface area contributed by atoms with E-state index in [2.05, 4.69) is 17.2 Å². The van der Waals surface area contributed by atoms with Gasteiger partial charge in [-0.2, -0.15) is 0 Å². The Morgan fingerprint density at radius 2 is 1.94 bits per heavy atom. The fourth-order valence-corrected chi connectivity index (χ4v) is 2.73. The summed E-state index contributed by atoms with van der Waals surface area (Å²) in [6, 6.07) is 0. The second kappa shape index (κ2) is 6.37. The minimum absolute atomic E-state index is 0.762. The van der Waals surface area contributed by atoms with Gasteiger partial charge in [-0.05, 0) is 38.6 Å². The van der Waals surface area contributed by atoms with Gasteiger partial charge in [-0.1, -0.05) is 32.6 Å². The summed E-state index contributed by atoms with van der Waals surface area (Å²) >= 11 is 0. The topological polar surface area (TPSA) is 38.1 Å². The van der Waals surface area contributed by atoms with Crippen LogP contribution < -0.4 is 5.32 Å². The zero-order valence-corrected chi connectivity index (χ0v) is 12.0. The molecule has 0 radical (unpaired) electrons. The van der Waals surface area contributed by atoms with Gasteiger partial charge in [0.2, 0.25) is 5.89 Å². The molecule has 1 N–H and O–H groups in total. The zero-order valence-electron chi connectivity index (χ0n) is 12.0. The largest absolute Gasteiger partial charge is 0.444 e. The molecule has 0 atom stereocenters. The van der Waals surface area contributed by atoms with Crippen LogP contribution in [0.1, 0.15) is 56.4 Å². The minimum Gasteiger partial charge on any atom is -0.444 e. The number of hydrogen-bond donors (Lipinski definition) is 1. The Morgan fingerprint density at radius 1 is 1.22 bits per heavy atom. The first-order chi connectivity index (χ1) is 8.65. The standard InChI is InChI=1S/C15H26N2O/c1-11-4-6-14(7-5-11)8-9-16-10-15-17-12(2)13(3)18-15/h11,14,16H,4-10H2,1-3H3. The third-order valence-electron chi connectivity index (χ3n) is 4.21. The molecule has 0 aromatic carbocycles. The number of rotatable bonds is 5. The van der Waals surface area contributed by atoms with Crippen molar-refractivity contribution in [2.24, 2.45) is 11.8 Å². The van der Waals surface area contributed by atoms with E-state index in [1.807, 2.05) is 13.8 Å². The van der Waals surface area contributed by atoms with E-state index in [1.54, 1.807) is 0 Å². The summed E-state index contributed by atoms with van der Waals surface area (Å²) < 4.78 is 5.55. The Balaban J connectivity index is 1.61. The molecule has 18 heavy (non-hydrogen) atoms. The Kier molecular flexibility index (Phi) is 4.81. The number of nitrogens with zero attached hydrogens (tertiary/aromatic N) is 1. The molecule has 0 amide bonds. The summed E-state index contributed by atoms with van der Waals surface area (Å²) in [5.41, 5.74) is 1.01. The Hall–Kier alpha value is -0.830. The molecule has 3 nitrogen and oxygen atoms in total. The van der Waals surface area contributed by atoms with Gasteiger partial charge in [-0.3, -0.25) is 0 Å². The lowest BCUT2D eigenvalue weighted by Crippen LogP contribution is -2.20. The van der Waals surface area contributed by atoms with Gasteiger partial charge in [-0.25, -0.2) is 4.98 Å². The Morgan fingerprint density at radius 3 is 2.56 bits per heavy atom.